The van der Waals surface area contributed by atoms with Crippen LogP contribution < -0.4 is 14.8 Å². The number of methoxy groups -OCH3 is 2. The minimum atomic E-state index is -0.558. The molecule has 0 aliphatic heterocycles. The second-order valence-electron chi connectivity index (χ2n) is 6.14. The van der Waals surface area contributed by atoms with Gasteiger partial charge in [0.25, 0.3) is 0 Å². The molecule has 0 saturated heterocycles. The SMILES string of the molecule is CCOC(=O)c1c(C)[nH]c(C(=O)C(C)Nc2cc(OC)ccc2OC)c1C. The molecule has 1 heterocycles. The Hall–Kier alpha value is -2.96. The average Bonchev–Trinajstić information content (AvgIpc) is 2.95. The van der Waals surface area contributed by atoms with Crippen LogP contribution in [0.3, 0.4) is 0 Å². The number of ketones is 1. The molecule has 27 heavy (non-hydrogen) atoms. The lowest BCUT2D eigenvalue weighted by Gasteiger charge is -2.17. The number of benzene rings is 1. The van der Waals surface area contributed by atoms with E-state index in [2.05, 4.69) is 10.3 Å². The Morgan fingerprint density at radius 2 is 1.89 bits per heavy atom. The molecule has 0 aliphatic carbocycles. The monoisotopic (exact) mass is 374 g/mol. The van der Waals surface area contributed by atoms with E-state index in [1.807, 2.05) is 0 Å². The summed E-state index contributed by atoms with van der Waals surface area (Å²) in [4.78, 5) is 28.1. The molecule has 7 nitrogen and oxygen atoms in total. The highest BCUT2D eigenvalue weighted by molar-refractivity contribution is 6.04. The zero-order valence-corrected chi connectivity index (χ0v) is 16.6. The van der Waals surface area contributed by atoms with Crippen LogP contribution in [0.1, 0.15) is 46.0 Å². The smallest absolute Gasteiger partial charge is 0.340 e. The zero-order valence-electron chi connectivity index (χ0n) is 16.6. The number of esters is 1. The van der Waals surface area contributed by atoms with Crippen molar-refractivity contribution in [2.24, 2.45) is 0 Å². The molecule has 1 atom stereocenters. The molecule has 0 saturated carbocycles. The van der Waals surface area contributed by atoms with Crippen molar-refractivity contribution in [1.82, 2.24) is 4.98 Å². The number of carbonyl (C=O) groups is 2. The molecule has 0 radical (unpaired) electrons. The van der Waals surface area contributed by atoms with Gasteiger partial charge in [0.05, 0.1) is 43.8 Å². The van der Waals surface area contributed by atoms with Crippen molar-refractivity contribution in [3.8, 4) is 11.5 Å². The third-order valence-corrected chi connectivity index (χ3v) is 4.34. The van der Waals surface area contributed by atoms with E-state index in [1.165, 1.54) is 0 Å². The molecule has 0 amide bonds. The summed E-state index contributed by atoms with van der Waals surface area (Å²) >= 11 is 0. The van der Waals surface area contributed by atoms with Gasteiger partial charge in [-0.2, -0.15) is 0 Å². The van der Waals surface area contributed by atoms with Gasteiger partial charge in [-0.25, -0.2) is 4.79 Å². The number of aromatic amines is 1. The maximum atomic E-state index is 13.0. The van der Waals surface area contributed by atoms with E-state index < -0.39 is 12.0 Å². The second kappa shape index (κ2) is 8.62. The number of carbonyl (C=O) groups excluding carboxylic acids is 2. The summed E-state index contributed by atoms with van der Waals surface area (Å²) in [7, 11) is 3.13. The minimum absolute atomic E-state index is 0.170. The first kappa shape index (κ1) is 20.4. The van der Waals surface area contributed by atoms with Gasteiger partial charge >= 0.3 is 5.97 Å². The maximum Gasteiger partial charge on any atom is 0.340 e. The van der Waals surface area contributed by atoms with Crippen LogP contribution in [0.25, 0.3) is 0 Å². The van der Waals surface area contributed by atoms with Gasteiger partial charge in [-0.05, 0) is 45.4 Å². The summed E-state index contributed by atoms with van der Waals surface area (Å²) in [6.45, 7) is 7.26. The van der Waals surface area contributed by atoms with Crippen LogP contribution >= 0.6 is 0 Å². The molecule has 1 aromatic carbocycles. The van der Waals surface area contributed by atoms with Crippen LogP contribution in [0, 0.1) is 13.8 Å². The third kappa shape index (κ3) is 4.24. The number of aryl methyl sites for hydroxylation is 1. The van der Waals surface area contributed by atoms with Gasteiger partial charge in [0.2, 0.25) is 5.78 Å². The Morgan fingerprint density at radius 1 is 1.19 bits per heavy atom. The topological polar surface area (TPSA) is 89.7 Å². The van der Waals surface area contributed by atoms with Crippen molar-refractivity contribution in [2.45, 2.75) is 33.7 Å². The quantitative estimate of drug-likeness (QED) is 0.543. The summed E-state index contributed by atoms with van der Waals surface area (Å²) in [6.07, 6.45) is 0. The number of ether oxygens (including phenoxy) is 3. The first-order valence-corrected chi connectivity index (χ1v) is 8.73. The van der Waals surface area contributed by atoms with E-state index in [0.29, 0.717) is 39.7 Å². The number of H-pyrrole nitrogens is 1. The van der Waals surface area contributed by atoms with E-state index in [4.69, 9.17) is 14.2 Å². The summed E-state index contributed by atoms with van der Waals surface area (Å²) < 4.78 is 15.6. The van der Waals surface area contributed by atoms with E-state index >= 15 is 0 Å². The van der Waals surface area contributed by atoms with Crippen molar-refractivity contribution in [3.05, 3.63) is 40.7 Å². The summed E-state index contributed by atoms with van der Waals surface area (Å²) in [5, 5.41) is 3.15. The number of Topliss-reactive ketones (excluding diaryl/α,β-unsaturated/α-hetero) is 1. The van der Waals surface area contributed by atoms with Crippen molar-refractivity contribution >= 4 is 17.4 Å². The van der Waals surface area contributed by atoms with Crippen molar-refractivity contribution in [3.63, 3.8) is 0 Å². The predicted molar refractivity (Wildman–Crippen MR) is 103 cm³/mol. The van der Waals surface area contributed by atoms with Crippen molar-refractivity contribution in [2.75, 3.05) is 26.1 Å². The Labute approximate surface area is 159 Å². The third-order valence-electron chi connectivity index (χ3n) is 4.34. The van der Waals surface area contributed by atoms with Crippen LogP contribution in [0.15, 0.2) is 18.2 Å². The second-order valence-corrected chi connectivity index (χ2v) is 6.14. The number of nitrogens with one attached hydrogen (secondary N) is 2. The number of rotatable bonds is 8. The molecule has 0 aliphatic rings. The first-order valence-electron chi connectivity index (χ1n) is 8.73. The first-order chi connectivity index (χ1) is 12.8. The highest BCUT2D eigenvalue weighted by Crippen LogP contribution is 2.30. The van der Waals surface area contributed by atoms with E-state index in [9.17, 15) is 9.59 Å². The number of hydrogen-bond donors (Lipinski definition) is 2. The Bertz CT molecular complexity index is 841. The molecule has 1 unspecified atom stereocenters. The molecule has 1 aromatic heterocycles. The van der Waals surface area contributed by atoms with E-state index in [-0.39, 0.29) is 12.4 Å². The summed E-state index contributed by atoms with van der Waals surface area (Å²) in [5.74, 6) is 0.644. The molecule has 0 fully saturated rings. The lowest BCUT2D eigenvalue weighted by Crippen LogP contribution is -2.27. The van der Waals surface area contributed by atoms with Gasteiger partial charge in [0.1, 0.15) is 11.5 Å². The van der Waals surface area contributed by atoms with Crippen LogP contribution in [0.4, 0.5) is 5.69 Å². The number of anilines is 1. The molecule has 0 spiro atoms. The molecular formula is C20H26N2O5. The van der Waals surface area contributed by atoms with Gasteiger partial charge in [0, 0.05) is 11.8 Å². The van der Waals surface area contributed by atoms with Crippen LogP contribution in [0.2, 0.25) is 0 Å². The highest BCUT2D eigenvalue weighted by Gasteiger charge is 2.26. The fourth-order valence-electron chi connectivity index (χ4n) is 2.95. The molecule has 2 N–H and O–H groups in total. The zero-order chi connectivity index (χ0) is 20.1. The van der Waals surface area contributed by atoms with E-state index in [0.717, 1.165) is 0 Å². The Balaban J connectivity index is 2.28. The fraction of sp³-hybridized carbons (Fsp3) is 0.400. The van der Waals surface area contributed by atoms with Crippen molar-refractivity contribution in [1.29, 1.82) is 0 Å². The van der Waals surface area contributed by atoms with Gasteiger partial charge < -0.3 is 24.5 Å². The highest BCUT2D eigenvalue weighted by atomic mass is 16.5. The Kier molecular flexibility index (Phi) is 6.50. The molecule has 0 bridgehead atoms. The lowest BCUT2D eigenvalue weighted by molar-refractivity contribution is 0.0525. The fourth-order valence-corrected chi connectivity index (χ4v) is 2.95. The molecule has 146 valence electrons. The van der Waals surface area contributed by atoms with Gasteiger partial charge in [0.15, 0.2) is 0 Å². The van der Waals surface area contributed by atoms with Crippen LogP contribution in [0.5, 0.6) is 11.5 Å². The van der Waals surface area contributed by atoms with Gasteiger partial charge in [-0.1, -0.05) is 0 Å². The standard InChI is InChI=1S/C20H26N2O5/c1-7-27-20(24)17-11(2)18(22-12(17)3)19(23)13(4)21-15-10-14(25-5)8-9-16(15)26-6/h8-10,13,21-22H,7H2,1-6H3. The molecule has 2 rings (SSSR count). The minimum Gasteiger partial charge on any atom is -0.497 e. The normalized spacial score (nSPS) is 11.6. The lowest BCUT2D eigenvalue weighted by atomic mass is 10.0. The van der Waals surface area contributed by atoms with Crippen LogP contribution in [-0.4, -0.2) is 43.6 Å². The summed E-state index contributed by atoms with van der Waals surface area (Å²) in [5.41, 5.74) is 2.63. The Morgan fingerprint density at radius 3 is 2.48 bits per heavy atom. The average molecular weight is 374 g/mol. The van der Waals surface area contributed by atoms with Gasteiger partial charge in [-0.3, -0.25) is 4.79 Å². The van der Waals surface area contributed by atoms with Gasteiger partial charge in [-0.15, -0.1) is 0 Å². The predicted octanol–water partition coefficient (Wildman–Crippen LogP) is 3.51. The van der Waals surface area contributed by atoms with Crippen LogP contribution in [-0.2, 0) is 4.74 Å². The maximum absolute atomic E-state index is 13.0. The number of hydrogen-bond acceptors (Lipinski definition) is 6. The molecule has 7 heteroatoms. The molecular weight excluding hydrogens is 348 g/mol. The summed E-state index contributed by atoms with van der Waals surface area (Å²) in [6, 6.07) is 4.75. The molecule has 2 aromatic rings. The van der Waals surface area contributed by atoms with E-state index in [1.54, 1.807) is 60.1 Å². The van der Waals surface area contributed by atoms with Crippen molar-refractivity contribution < 1.29 is 23.8 Å². The largest absolute Gasteiger partial charge is 0.497 e. The number of aromatic nitrogens is 1.